The van der Waals surface area contributed by atoms with Crippen LogP contribution >= 0.6 is 22.9 Å². The molecule has 0 spiro atoms. The summed E-state index contributed by atoms with van der Waals surface area (Å²) < 4.78 is 14.7. The number of rotatable bonds is 3. The normalized spacial score (nSPS) is 10.9. The molecule has 1 nitrogen and oxygen atoms in total. The lowest BCUT2D eigenvalue weighted by molar-refractivity contribution is 0.619. The Morgan fingerprint density at radius 3 is 2.75 bits per heavy atom. The number of anilines is 1. The Hall–Kier alpha value is -1.58. The van der Waals surface area contributed by atoms with E-state index in [9.17, 15) is 4.39 Å². The summed E-state index contributed by atoms with van der Waals surface area (Å²) in [5.41, 5.74) is 1.43. The molecular weight excluding hydrogens is 293 g/mol. The summed E-state index contributed by atoms with van der Waals surface area (Å²) in [5, 5.41) is 5.12. The zero-order chi connectivity index (χ0) is 14.1. The molecule has 3 rings (SSSR count). The van der Waals surface area contributed by atoms with Crippen LogP contribution in [0.3, 0.4) is 0 Å². The largest absolute Gasteiger partial charge is 0.380 e. The quantitative estimate of drug-likeness (QED) is 0.662. The Bertz CT molecular complexity index is 766. The smallest absolute Gasteiger partial charge is 0.128 e. The number of hydrogen-bond acceptors (Lipinski definition) is 2. The molecule has 1 aromatic heterocycles. The maximum absolute atomic E-state index is 13.5. The standard InChI is InChI=1S/C16H13ClFNS/c1-10-12(18)6-4-7-13(10)19-9-15-16(17)11-5-2-3-8-14(11)20-15/h2-8,19H,9H2,1H3. The fourth-order valence-corrected chi connectivity index (χ4v) is 3.59. The van der Waals surface area contributed by atoms with E-state index < -0.39 is 0 Å². The lowest BCUT2D eigenvalue weighted by Gasteiger charge is -2.09. The molecule has 0 bridgehead atoms. The molecule has 1 N–H and O–H groups in total. The first kappa shape index (κ1) is 13.4. The van der Waals surface area contributed by atoms with Crippen molar-refractivity contribution in [2.45, 2.75) is 13.5 Å². The maximum atomic E-state index is 13.5. The summed E-state index contributed by atoms with van der Waals surface area (Å²) in [4.78, 5) is 1.07. The molecule has 0 amide bonds. The van der Waals surface area contributed by atoms with Crippen LogP contribution in [0.5, 0.6) is 0 Å². The molecule has 0 saturated carbocycles. The van der Waals surface area contributed by atoms with Crippen LogP contribution in [0.2, 0.25) is 5.02 Å². The predicted molar refractivity (Wildman–Crippen MR) is 85.3 cm³/mol. The van der Waals surface area contributed by atoms with Crippen LogP contribution in [0.4, 0.5) is 10.1 Å². The summed E-state index contributed by atoms with van der Waals surface area (Å²) in [6.07, 6.45) is 0. The third-order valence-electron chi connectivity index (χ3n) is 3.31. The van der Waals surface area contributed by atoms with Gasteiger partial charge in [-0.1, -0.05) is 35.9 Å². The molecule has 0 saturated heterocycles. The third kappa shape index (κ3) is 2.39. The Kier molecular flexibility index (Phi) is 3.64. The van der Waals surface area contributed by atoms with Gasteiger partial charge in [-0.15, -0.1) is 11.3 Å². The van der Waals surface area contributed by atoms with E-state index in [1.165, 1.54) is 10.8 Å². The molecule has 0 unspecified atom stereocenters. The topological polar surface area (TPSA) is 12.0 Å². The molecule has 0 aliphatic heterocycles. The van der Waals surface area contributed by atoms with Gasteiger partial charge in [0.05, 0.1) is 11.6 Å². The number of hydrogen-bond donors (Lipinski definition) is 1. The van der Waals surface area contributed by atoms with Gasteiger partial charge in [0.15, 0.2) is 0 Å². The van der Waals surface area contributed by atoms with Crippen molar-refractivity contribution in [1.82, 2.24) is 0 Å². The van der Waals surface area contributed by atoms with Gasteiger partial charge in [0, 0.05) is 26.2 Å². The Morgan fingerprint density at radius 1 is 1.15 bits per heavy atom. The second kappa shape index (κ2) is 5.43. The van der Waals surface area contributed by atoms with Gasteiger partial charge in [0.25, 0.3) is 0 Å². The maximum Gasteiger partial charge on any atom is 0.128 e. The minimum Gasteiger partial charge on any atom is -0.380 e. The van der Waals surface area contributed by atoms with Crippen LogP contribution in [0.1, 0.15) is 10.4 Å². The SMILES string of the molecule is Cc1c(F)cccc1NCc1sc2ccccc2c1Cl. The van der Waals surface area contributed by atoms with Gasteiger partial charge < -0.3 is 5.32 Å². The molecule has 0 aliphatic rings. The third-order valence-corrected chi connectivity index (χ3v) is 5.02. The van der Waals surface area contributed by atoms with Crippen molar-refractivity contribution >= 4 is 38.7 Å². The number of thiophene rings is 1. The van der Waals surface area contributed by atoms with Crippen LogP contribution in [-0.2, 0) is 6.54 Å². The average Bonchev–Trinajstić information content (AvgIpc) is 2.78. The van der Waals surface area contributed by atoms with E-state index in [4.69, 9.17) is 11.6 Å². The first-order chi connectivity index (χ1) is 9.66. The van der Waals surface area contributed by atoms with E-state index in [0.29, 0.717) is 12.1 Å². The van der Waals surface area contributed by atoms with E-state index in [0.717, 1.165) is 21.0 Å². The van der Waals surface area contributed by atoms with E-state index >= 15 is 0 Å². The highest BCUT2D eigenvalue weighted by atomic mass is 35.5. The molecule has 0 radical (unpaired) electrons. The van der Waals surface area contributed by atoms with Crippen LogP contribution in [0, 0.1) is 12.7 Å². The van der Waals surface area contributed by atoms with Crippen LogP contribution in [0.15, 0.2) is 42.5 Å². The van der Waals surface area contributed by atoms with Crippen molar-refractivity contribution in [1.29, 1.82) is 0 Å². The van der Waals surface area contributed by atoms with E-state index in [1.807, 2.05) is 24.3 Å². The second-order valence-electron chi connectivity index (χ2n) is 4.60. The van der Waals surface area contributed by atoms with Crippen LogP contribution < -0.4 is 5.32 Å². The Labute approximate surface area is 126 Å². The average molecular weight is 306 g/mol. The molecular formula is C16H13ClFNS. The lowest BCUT2D eigenvalue weighted by Crippen LogP contribution is -2.00. The van der Waals surface area contributed by atoms with Crippen LogP contribution in [-0.4, -0.2) is 0 Å². The van der Waals surface area contributed by atoms with Crippen molar-refractivity contribution in [2.75, 3.05) is 5.32 Å². The second-order valence-corrected chi connectivity index (χ2v) is 6.12. The lowest BCUT2D eigenvalue weighted by atomic mass is 10.2. The minimum absolute atomic E-state index is 0.197. The number of nitrogens with one attached hydrogen (secondary N) is 1. The fourth-order valence-electron chi connectivity index (χ4n) is 2.15. The molecule has 0 aliphatic carbocycles. The molecule has 4 heteroatoms. The van der Waals surface area contributed by atoms with E-state index in [-0.39, 0.29) is 5.82 Å². The first-order valence-electron chi connectivity index (χ1n) is 6.31. The monoisotopic (exact) mass is 305 g/mol. The molecule has 3 aromatic rings. The van der Waals surface area contributed by atoms with Gasteiger partial charge in [0.1, 0.15) is 5.82 Å². The summed E-state index contributed by atoms with van der Waals surface area (Å²) in [7, 11) is 0. The van der Waals surface area contributed by atoms with Crippen molar-refractivity contribution in [2.24, 2.45) is 0 Å². The van der Waals surface area contributed by atoms with Crippen molar-refractivity contribution < 1.29 is 4.39 Å². The number of benzene rings is 2. The predicted octanol–water partition coefficient (Wildman–Crippen LogP) is 5.61. The van der Waals surface area contributed by atoms with Gasteiger partial charge in [-0.2, -0.15) is 0 Å². The highest BCUT2D eigenvalue weighted by molar-refractivity contribution is 7.19. The minimum atomic E-state index is -0.197. The van der Waals surface area contributed by atoms with Gasteiger partial charge in [-0.3, -0.25) is 0 Å². The Morgan fingerprint density at radius 2 is 1.95 bits per heavy atom. The van der Waals surface area contributed by atoms with Crippen molar-refractivity contribution in [3.05, 3.63) is 63.7 Å². The van der Waals surface area contributed by atoms with Crippen molar-refractivity contribution in [3.8, 4) is 0 Å². The molecule has 0 fully saturated rings. The molecule has 1 heterocycles. The highest BCUT2D eigenvalue weighted by Gasteiger charge is 2.10. The van der Waals surface area contributed by atoms with Gasteiger partial charge >= 0.3 is 0 Å². The fraction of sp³-hybridized carbons (Fsp3) is 0.125. The molecule has 0 atom stereocenters. The van der Waals surface area contributed by atoms with E-state index in [1.54, 1.807) is 24.3 Å². The van der Waals surface area contributed by atoms with Crippen LogP contribution in [0.25, 0.3) is 10.1 Å². The zero-order valence-corrected chi connectivity index (χ0v) is 12.5. The van der Waals surface area contributed by atoms with Gasteiger partial charge in [-0.05, 0) is 25.1 Å². The summed E-state index contributed by atoms with van der Waals surface area (Å²) in [5.74, 6) is -0.197. The van der Waals surface area contributed by atoms with Gasteiger partial charge in [-0.25, -0.2) is 4.39 Å². The zero-order valence-electron chi connectivity index (χ0n) is 10.9. The highest BCUT2D eigenvalue weighted by Crippen LogP contribution is 2.35. The van der Waals surface area contributed by atoms with Crippen molar-refractivity contribution in [3.63, 3.8) is 0 Å². The number of fused-ring (bicyclic) bond motifs is 1. The van der Waals surface area contributed by atoms with Gasteiger partial charge in [0.2, 0.25) is 0 Å². The Balaban J connectivity index is 1.87. The molecule has 102 valence electrons. The number of halogens is 2. The molecule has 2 aromatic carbocycles. The molecule has 20 heavy (non-hydrogen) atoms. The summed E-state index contributed by atoms with van der Waals surface area (Å²) in [6, 6.07) is 13.1. The summed E-state index contributed by atoms with van der Waals surface area (Å²) >= 11 is 8.06. The van der Waals surface area contributed by atoms with E-state index in [2.05, 4.69) is 11.4 Å². The summed E-state index contributed by atoms with van der Waals surface area (Å²) in [6.45, 7) is 2.37. The first-order valence-corrected chi connectivity index (χ1v) is 7.51.